The van der Waals surface area contributed by atoms with Crippen LogP contribution in [0.15, 0.2) is 6.07 Å². The van der Waals surface area contributed by atoms with Crippen LogP contribution in [0.1, 0.15) is 53.5 Å². The van der Waals surface area contributed by atoms with Gasteiger partial charge in [0.25, 0.3) is 0 Å². The van der Waals surface area contributed by atoms with E-state index in [1.165, 1.54) is 37.0 Å². The Balaban J connectivity index is 2.12. The van der Waals surface area contributed by atoms with Crippen LogP contribution in [0, 0.1) is 12.3 Å². The predicted octanol–water partition coefficient (Wildman–Crippen LogP) is 2.93. The van der Waals surface area contributed by atoms with Gasteiger partial charge in [-0.3, -0.25) is 11.3 Å². The number of terminal acetylenes is 1. The molecule has 2 nitrogen and oxygen atoms in total. The first-order valence-corrected chi connectivity index (χ1v) is 7.18. The second kappa shape index (κ2) is 6.20. The summed E-state index contributed by atoms with van der Waals surface area (Å²) >= 11 is 1.92. The van der Waals surface area contributed by atoms with Crippen molar-refractivity contribution in [2.45, 2.75) is 51.0 Å². The molecule has 0 amide bonds. The molecule has 1 aliphatic carbocycles. The molecular formula is C14H20N2S. The molecule has 0 saturated heterocycles. The monoisotopic (exact) mass is 248 g/mol. The van der Waals surface area contributed by atoms with Gasteiger partial charge in [-0.05, 0) is 43.7 Å². The Morgan fingerprint density at radius 3 is 3.00 bits per heavy atom. The van der Waals surface area contributed by atoms with Crippen molar-refractivity contribution in [3.8, 4) is 12.3 Å². The van der Waals surface area contributed by atoms with Gasteiger partial charge >= 0.3 is 0 Å². The number of hydrogen-bond acceptors (Lipinski definition) is 3. The maximum Gasteiger partial charge on any atom is 0.0562 e. The van der Waals surface area contributed by atoms with Crippen LogP contribution in [0.25, 0.3) is 0 Å². The van der Waals surface area contributed by atoms with E-state index in [1.54, 1.807) is 10.4 Å². The van der Waals surface area contributed by atoms with Crippen molar-refractivity contribution in [2.75, 3.05) is 0 Å². The Labute approximate surface area is 108 Å². The van der Waals surface area contributed by atoms with Gasteiger partial charge in [-0.1, -0.05) is 6.42 Å². The standard InChI is InChI=1S/C14H20N2S/c1-2-3-8-12(16-15)14-10-11-7-5-4-6-9-13(11)17-14/h1,10,12,16H,3-9,15H2. The maximum absolute atomic E-state index is 5.62. The molecule has 1 aromatic heterocycles. The summed E-state index contributed by atoms with van der Waals surface area (Å²) < 4.78 is 0. The maximum atomic E-state index is 5.62. The number of nitrogens with one attached hydrogen (secondary N) is 1. The number of thiophene rings is 1. The van der Waals surface area contributed by atoms with E-state index in [0.717, 1.165) is 12.8 Å². The number of nitrogens with two attached hydrogens (primary N) is 1. The Morgan fingerprint density at radius 2 is 2.24 bits per heavy atom. The van der Waals surface area contributed by atoms with Gasteiger partial charge in [0, 0.05) is 16.2 Å². The zero-order valence-corrected chi connectivity index (χ0v) is 11.0. The molecule has 0 spiro atoms. The SMILES string of the molecule is C#CCCC(NN)c1cc2c(s1)CCCCC2. The van der Waals surface area contributed by atoms with Crippen LogP contribution in [0.2, 0.25) is 0 Å². The van der Waals surface area contributed by atoms with Crippen molar-refractivity contribution >= 4 is 11.3 Å². The molecule has 17 heavy (non-hydrogen) atoms. The second-order valence-electron chi connectivity index (χ2n) is 4.62. The summed E-state index contributed by atoms with van der Waals surface area (Å²) in [6, 6.07) is 2.56. The van der Waals surface area contributed by atoms with Crippen molar-refractivity contribution < 1.29 is 0 Å². The number of hydrogen-bond donors (Lipinski definition) is 2. The van der Waals surface area contributed by atoms with Crippen LogP contribution < -0.4 is 11.3 Å². The van der Waals surface area contributed by atoms with Gasteiger partial charge in [0.15, 0.2) is 0 Å². The fourth-order valence-corrected chi connectivity index (χ4v) is 3.75. The third-order valence-corrected chi connectivity index (χ3v) is 4.74. The molecule has 0 fully saturated rings. The molecule has 2 rings (SSSR count). The van der Waals surface area contributed by atoms with Gasteiger partial charge in [-0.2, -0.15) is 0 Å². The van der Waals surface area contributed by atoms with E-state index in [4.69, 9.17) is 12.3 Å². The lowest BCUT2D eigenvalue weighted by atomic mass is 10.1. The first-order valence-electron chi connectivity index (χ1n) is 6.36. The van der Waals surface area contributed by atoms with Crippen LogP contribution in [0.3, 0.4) is 0 Å². The first-order chi connectivity index (χ1) is 8.35. The van der Waals surface area contributed by atoms with E-state index in [9.17, 15) is 0 Å². The fraction of sp³-hybridized carbons (Fsp3) is 0.571. The molecule has 3 heteroatoms. The lowest BCUT2D eigenvalue weighted by Gasteiger charge is -2.12. The largest absolute Gasteiger partial charge is 0.271 e. The van der Waals surface area contributed by atoms with E-state index in [0.29, 0.717) is 0 Å². The highest BCUT2D eigenvalue weighted by molar-refractivity contribution is 7.12. The minimum Gasteiger partial charge on any atom is -0.271 e. The summed E-state index contributed by atoms with van der Waals surface area (Å²) in [6.45, 7) is 0. The quantitative estimate of drug-likeness (QED) is 0.372. The smallest absolute Gasteiger partial charge is 0.0562 e. The Hall–Kier alpha value is -0.820. The summed E-state index contributed by atoms with van der Waals surface area (Å²) in [6.07, 6.45) is 13.5. The highest BCUT2D eigenvalue weighted by Gasteiger charge is 2.17. The molecule has 1 unspecified atom stereocenters. The normalized spacial score (nSPS) is 16.9. The van der Waals surface area contributed by atoms with Crippen molar-refractivity contribution in [1.29, 1.82) is 0 Å². The number of rotatable bonds is 4. The zero-order chi connectivity index (χ0) is 12.1. The van der Waals surface area contributed by atoms with E-state index in [2.05, 4.69) is 17.4 Å². The molecule has 1 aromatic rings. The molecular weight excluding hydrogens is 228 g/mol. The average molecular weight is 248 g/mol. The second-order valence-corrected chi connectivity index (χ2v) is 5.79. The van der Waals surface area contributed by atoms with E-state index in [1.807, 2.05) is 11.3 Å². The number of aryl methyl sites for hydroxylation is 2. The summed E-state index contributed by atoms with van der Waals surface area (Å²) in [4.78, 5) is 2.92. The van der Waals surface area contributed by atoms with Crippen molar-refractivity contribution in [1.82, 2.24) is 5.43 Å². The van der Waals surface area contributed by atoms with Crippen LogP contribution in [0.5, 0.6) is 0 Å². The number of fused-ring (bicyclic) bond motifs is 1. The van der Waals surface area contributed by atoms with E-state index in [-0.39, 0.29) is 6.04 Å². The van der Waals surface area contributed by atoms with Crippen LogP contribution in [-0.4, -0.2) is 0 Å². The molecule has 0 radical (unpaired) electrons. The van der Waals surface area contributed by atoms with Crippen molar-refractivity contribution in [3.05, 3.63) is 21.4 Å². The lowest BCUT2D eigenvalue weighted by Crippen LogP contribution is -2.27. The molecule has 1 aliphatic rings. The fourth-order valence-electron chi connectivity index (χ4n) is 2.40. The van der Waals surface area contributed by atoms with Crippen molar-refractivity contribution in [2.24, 2.45) is 5.84 Å². The third kappa shape index (κ3) is 3.10. The molecule has 0 bridgehead atoms. The molecule has 3 N–H and O–H groups in total. The molecule has 92 valence electrons. The summed E-state index contributed by atoms with van der Waals surface area (Å²) in [5, 5.41) is 0. The Bertz CT molecular complexity index is 379. The van der Waals surface area contributed by atoms with Crippen LogP contribution in [-0.2, 0) is 12.8 Å². The molecule has 0 saturated carbocycles. The lowest BCUT2D eigenvalue weighted by molar-refractivity contribution is 0.531. The van der Waals surface area contributed by atoms with Crippen molar-refractivity contribution in [3.63, 3.8) is 0 Å². The average Bonchev–Trinajstić information content (AvgIpc) is 2.61. The first kappa shape index (κ1) is 12.6. The molecule has 1 atom stereocenters. The third-order valence-electron chi connectivity index (χ3n) is 3.39. The van der Waals surface area contributed by atoms with Crippen LogP contribution in [0.4, 0.5) is 0 Å². The molecule has 0 aliphatic heterocycles. The van der Waals surface area contributed by atoms with Crippen LogP contribution >= 0.6 is 11.3 Å². The number of hydrazine groups is 1. The molecule has 0 aromatic carbocycles. The Morgan fingerprint density at radius 1 is 1.41 bits per heavy atom. The van der Waals surface area contributed by atoms with E-state index < -0.39 is 0 Å². The van der Waals surface area contributed by atoms with Gasteiger partial charge in [0.2, 0.25) is 0 Å². The van der Waals surface area contributed by atoms with Gasteiger partial charge < -0.3 is 0 Å². The minimum atomic E-state index is 0.225. The zero-order valence-electron chi connectivity index (χ0n) is 10.2. The summed E-state index contributed by atoms with van der Waals surface area (Å²) in [5.74, 6) is 8.31. The minimum absolute atomic E-state index is 0.225. The van der Waals surface area contributed by atoms with Gasteiger partial charge in [-0.15, -0.1) is 23.7 Å². The highest BCUT2D eigenvalue weighted by atomic mass is 32.1. The van der Waals surface area contributed by atoms with Gasteiger partial charge in [0.1, 0.15) is 0 Å². The summed E-state index contributed by atoms with van der Waals surface area (Å²) in [7, 11) is 0. The predicted molar refractivity (Wildman–Crippen MR) is 73.7 cm³/mol. The van der Waals surface area contributed by atoms with E-state index >= 15 is 0 Å². The van der Waals surface area contributed by atoms with Gasteiger partial charge in [0.05, 0.1) is 6.04 Å². The van der Waals surface area contributed by atoms with Gasteiger partial charge in [-0.25, -0.2) is 0 Å². The molecule has 1 heterocycles. The summed E-state index contributed by atoms with van der Waals surface area (Å²) in [5.41, 5.74) is 4.44. The topological polar surface area (TPSA) is 38.0 Å². The Kier molecular flexibility index (Phi) is 4.61. The highest BCUT2D eigenvalue weighted by Crippen LogP contribution is 2.33.